The molecule has 2 saturated heterocycles. The molecule has 0 atom stereocenters. The number of hydrogen-bond donors (Lipinski definition) is 0. The first-order valence-corrected chi connectivity index (χ1v) is 13.1. The lowest BCUT2D eigenvalue weighted by Crippen LogP contribution is -2.56. The lowest BCUT2D eigenvalue weighted by Gasteiger charge is -2.44. The van der Waals surface area contributed by atoms with Crippen molar-refractivity contribution in [2.24, 2.45) is 0 Å². The first-order valence-electron chi connectivity index (χ1n) is 13.1. The lowest BCUT2D eigenvalue weighted by molar-refractivity contribution is -0.123. The van der Waals surface area contributed by atoms with Gasteiger partial charge in [0.1, 0.15) is 23.0 Å². The van der Waals surface area contributed by atoms with Crippen LogP contribution in [-0.4, -0.2) is 56.5 Å². The van der Waals surface area contributed by atoms with E-state index in [1.165, 1.54) is 35.9 Å². The minimum absolute atomic E-state index is 0.103. The second-order valence-electron chi connectivity index (χ2n) is 10.2. The largest absolute Gasteiger partial charge is 0.358 e. The summed E-state index contributed by atoms with van der Waals surface area (Å²) in [6.45, 7) is 2.54. The number of anilines is 1. The van der Waals surface area contributed by atoms with Crippen LogP contribution in [0.2, 0.25) is 0 Å². The van der Waals surface area contributed by atoms with E-state index < -0.39 is 17.2 Å². The summed E-state index contributed by atoms with van der Waals surface area (Å²) in [5, 5.41) is 4.47. The van der Waals surface area contributed by atoms with Crippen molar-refractivity contribution in [3.63, 3.8) is 0 Å². The van der Waals surface area contributed by atoms with Gasteiger partial charge in [0.25, 0.3) is 5.91 Å². The number of pyridine rings is 1. The van der Waals surface area contributed by atoms with Crippen LogP contribution in [0.3, 0.4) is 0 Å². The van der Waals surface area contributed by atoms with E-state index in [0.29, 0.717) is 50.2 Å². The Morgan fingerprint density at radius 3 is 2.27 bits per heavy atom. The maximum atomic E-state index is 14.4. The molecule has 0 aliphatic carbocycles. The summed E-state index contributed by atoms with van der Waals surface area (Å²) in [5.74, 6) is -2.00. The average Bonchev–Trinajstić information content (AvgIpc) is 3.55. The Morgan fingerprint density at radius 2 is 1.62 bits per heavy atom. The Hall–Kier alpha value is -4.47. The van der Waals surface area contributed by atoms with Crippen molar-refractivity contribution >= 4 is 17.4 Å². The van der Waals surface area contributed by atoms with Crippen molar-refractivity contribution in [2.75, 3.05) is 24.5 Å². The van der Waals surface area contributed by atoms with Crippen molar-refractivity contribution < 1.29 is 22.8 Å². The van der Waals surface area contributed by atoms with Gasteiger partial charge in [-0.2, -0.15) is 5.10 Å². The smallest absolute Gasteiger partial charge is 0.274 e. The van der Waals surface area contributed by atoms with Crippen LogP contribution in [0.15, 0.2) is 67.0 Å². The van der Waals surface area contributed by atoms with Gasteiger partial charge in [-0.1, -0.05) is 0 Å². The highest BCUT2D eigenvalue weighted by atomic mass is 19.1. The third-order valence-corrected chi connectivity index (χ3v) is 8.01. The van der Waals surface area contributed by atoms with E-state index in [4.69, 9.17) is 0 Å². The maximum absolute atomic E-state index is 14.4. The molecular weight excluding hydrogens is 519 g/mol. The number of likely N-dealkylation sites (tertiary alicyclic amines) is 1. The molecule has 4 heterocycles. The number of piperidine rings is 1. The lowest BCUT2D eigenvalue weighted by atomic mass is 9.83. The summed E-state index contributed by atoms with van der Waals surface area (Å²) in [4.78, 5) is 34.5. The molecular formula is C30H26F3N5O2. The van der Waals surface area contributed by atoms with Crippen LogP contribution in [0, 0.1) is 24.4 Å². The third-order valence-electron chi connectivity index (χ3n) is 8.01. The predicted molar refractivity (Wildman–Crippen MR) is 143 cm³/mol. The van der Waals surface area contributed by atoms with E-state index in [-0.39, 0.29) is 34.5 Å². The van der Waals surface area contributed by atoms with Gasteiger partial charge in [-0.3, -0.25) is 14.6 Å². The number of nitrogens with zero attached hydrogens (tertiary/aromatic N) is 5. The van der Waals surface area contributed by atoms with Gasteiger partial charge >= 0.3 is 0 Å². The van der Waals surface area contributed by atoms with E-state index in [2.05, 4.69) is 10.1 Å². The number of halogens is 3. The highest BCUT2D eigenvalue weighted by molar-refractivity contribution is 5.97. The number of aromatic nitrogens is 3. The number of benzene rings is 2. The molecule has 0 bridgehead atoms. The number of ketones is 1. The molecule has 4 aromatic rings. The zero-order chi connectivity index (χ0) is 28.0. The molecule has 204 valence electrons. The fourth-order valence-corrected chi connectivity index (χ4v) is 5.75. The molecule has 1 spiro atoms. The summed E-state index contributed by atoms with van der Waals surface area (Å²) in [7, 11) is 0. The summed E-state index contributed by atoms with van der Waals surface area (Å²) in [6.07, 6.45) is 4.44. The molecule has 0 radical (unpaired) electrons. The second-order valence-corrected chi connectivity index (χ2v) is 10.2. The van der Waals surface area contributed by atoms with Gasteiger partial charge in [0.05, 0.1) is 11.4 Å². The first-order chi connectivity index (χ1) is 19.3. The van der Waals surface area contributed by atoms with Crippen LogP contribution >= 0.6 is 0 Å². The van der Waals surface area contributed by atoms with Crippen LogP contribution in [0.4, 0.5) is 18.9 Å². The van der Waals surface area contributed by atoms with Crippen LogP contribution in [0.1, 0.15) is 35.3 Å². The molecule has 2 aliphatic rings. The minimum Gasteiger partial charge on any atom is -0.358 e. The van der Waals surface area contributed by atoms with Gasteiger partial charge in [-0.05, 0) is 62.2 Å². The quantitative estimate of drug-likeness (QED) is 0.356. The van der Waals surface area contributed by atoms with Crippen LogP contribution in [0.25, 0.3) is 16.9 Å². The third kappa shape index (κ3) is 4.33. The Kier molecular flexibility index (Phi) is 6.40. The minimum atomic E-state index is -0.744. The van der Waals surface area contributed by atoms with Gasteiger partial charge in [0.15, 0.2) is 11.5 Å². The van der Waals surface area contributed by atoms with Crippen LogP contribution in [-0.2, 0) is 4.79 Å². The number of amides is 1. The monoisotopic (exact) mass is 545 g/mol. The standard InChI is InChI=1S/C30H26F3N5O2/c1-19-24(32)15-23(16-25(19)33)38-27(20-3-2-11-34-18-20)17-26(35-38)29(40)36-13-9-30(10-14-36)28(39)8-12-37(30)22-6-4-21(31)5-7-22/h2-7,11,15-18H,8-10,12-14H2,1H3. The predicted octanol–water partition coefficient (Wildman–Crippen LogP) is 5.11. The van der Waals surface area contributed by atoms with Crippen LogP contribution in [0.5, 0.6) is 0 Å². The molecule has 0 saturated carbocycles. The Bertz CT molecular complexity index is 1570. The SMILES string of the molecule is Cc1c(F)cc(-n2nc(C(=O)N3CCC4(CC3)C(=O)CCN4c3ccc(F)cc3)cc2-c2cccnc2)cc1F. The molecule has 2 aromatic carbocycles. The molecule has 2 fully saturated rings. The molecule has 0 N–H and O–H groups in total. The fraction of sp³-hybridized carbons (Fsp3) is 0.267. The molecule has 2 aromatic heterocycles. The summed E-state index contributed by atoms with van der Waals surface area (Å²) < 4.78 is 43.8. The zero-order valence-corrected chi connectivity index (χ0v) is 21.8. The zero-order valence-electron chi connectivity index (χ0n) is 21.8. The van der Waals surface area contributed by atoms with Gasteiger partial charge in [0.2, 0.25) is 0 Å². The molecule has 40 heavy (non-hydrogen) atoms. The normalized spacial score (nSPS) is 16.6. The summed E-state index contributed by atoms with van der Waals surface area (Å²) in [6, 6.07) is 13.6. The van der Waals surface area contributed by atoms with Crippen molar-refractivity contribution in [3.05, 3.63) is 95.7 Å². The van der Waals surface area contributed by atoms with Gasteiger partial charge in [0, 0.05) is 67.4 Å². The Balaban J connectivity index is 1.29. The Morgan fingerprint density at radius 1 is 0.925 bits per heavy atom. The molecule has 7 nitrogen and oxygen atoms in total. The maximum Gasteiger partial charge on any atom is 0.274 e. The van der Waals surface area contributed by atoms with E-state index >= 15 is 0 Å². The van der Waals surface area contributed by atoms with E-state index in [0.717, 1.165) is 5.69 Å². The van der Waals surface area contributed by atoms with E-state index in [1.807, 2.05) is 4.90 Å². The fourth-order valence-electron chi connectivity index (χ4n) is 5.75. The number of hydrogen-bond acceptors (Lipinski definition) is 5. The number of carbonyl (C=O) groups excluding carboxylic acids is 2. The highest BCUT2D eigenvalue weighted by Crippen LogP contribution is 2.39. The van der Waals surface area contributed by atoms with Crippen molar-refractivity contribution in [3.8, 4) is 16.9 Å². The number of rotatable bonds is 4. The van der Waals surface area contributed by atoms with Gasteiger partial charge in [-0.25, -0.2) is 17.9 Å². The van der Waals surface area contributed by atoms with Crippen molar-refractivity contribution in [1.82, 2.24) is 19.7 Å². The highest BCUT2D eigenvalue weighted by Gasteiger charge is 2.50. The van der Waals surface area contributed by atoms with E-state index in [9.17, 15) is 22.8 Å². The van der Waals surface area contributed by atoms with Gasteiger partial charge < -0.3 is 9.80 Å². The first kappa shape index (κ1) is 25.8. The van der Waals surface area contributed by atoms with Crippen LogP contribution < -0.4 is 4.90 Å². The summed E-state index contributed by atoms with van der Waals surface area (Å²) in [5.41, 5.74) is 1.27. The average molecular weight is 546 g/mol. The summed E-state index contributed by atoms with van der Waals surface area (Å²) >= 11 is 0. The van der Waals surface area contributed by atoms with Crippen molar-refractivity contribution in [1.29, 1.82) is 0 Å². The number of carbonyl (C=O) groups is 2. The Labute approximate surface area is 228 Å². The van der Waals surface area contributed by atoms with E-state index in [1.54, 1.807) is 47.6 Å². The molecule has 1 amide bonds. The van der Waals surface area contributed by atoms with Crippen molar-refractivity contribution in [2.45, 2.75) is 31.7 Å². The number of Topliss-reactive ketones (excluding diaryl/α,β-unsaturated/α-hetero) is 1. The molecule has 0 unspecified atom stereocenters. The molecule has 10 heteroatoms. The topological polar surface area (TPSA) is 71.3 Å². The molecule has 6 rings (SSSR count). The second kappa shape index (κ2) is 9.93. The van der Waals surface area contributed by atoms with Gasteiger partial charge in [-0.15, -0.1) is 0 Å². The molecule has 2 aliphatic heterocycles.